The fourth-order valence-electron chi connectivity index (χ4n) is 1.94. The molecule has 0 radical (unpaired) electrons. The molecule has 2 aromatic carbocycles. The average Bonchev–Trinajstić information content (AvgIpc) is 2.51. The number of rotatable bonds is 4. The molecule has 5 nitrogen and oxygen atoms in total. The Balaban J connectivity index is 1.94. The number of anilines is 2. The van der Waals surface area contributed by atoms with Gasteiger partial charge >= 0.3 is 5.97 Å². The molecule has 120 valence electrons. The van der Waals surface area contributed by atoms with E-state index >= 15 is 0 Å². The van der Waals surface area contributed by atoms with Crippen LogP contribution in [0.25, 0.3) is 0 Å². The summed E-state index contributed by atoms with van der Waals surface area (Å²) in [5.41, 5.74) is 8.80. The van der Waals surface area contributed by atoms with Crippen LogP contribution < -0.4 is 11.1 Å². The number of halogens is 1. The Kier molecular flexibility index (Phi) is 5.24. The van der Waals surface area contributed by atoms with Gasteiger partial charge < -0.3 is 15.8 Å². The predicted octanol–water partition coefficient (Wildman–Crippen LogP) is 3.33. The van der Waals surface area contributed by atoms with Crippen molar-refractivity contribution in [3.63, 3.8) is 0 Å². The van der Waals surface area contributed by atoms with Gasteiger partial charge in [-0.25, -0.2) is 4.79 Å². The van der Waals surface area contributed by atoms with Gasteiger partial charge in [0, 0.05) is 5.69 Å². The van der Waals surface area contributed by atoms with E-state index in [4.69, 9.17) is 22.1 Å². The monoisotopic (exact) mass is 332 g/mol. The topological polar surface area (TPSA) is 81.4 Å². The van der Waals surface area contributed by atoms with Gasteiger partial charge in [0.05, 0.1) is 16.3 Å². The molecule has 0 aromatic heterocycles. The van der Waals surface area contributed by atoms with Crippen molar-refractivity contribution in [3.05, 3.63) is 58.1 Å². The number of nitrogen functional groups attached to an aromatic ring is 1. The van der Waals surface area contributed by atoms with E-state index in [0.717, 1.165) is 11.1 Å². The van der Waals surface area contributed by atoms with Crippen molar-refractivity contribution in [1.29, 1.82) is 0 Å². The van der Waals surface area contributed by atoms with E-state index in [1.54, 1.807) is 0 Å². The minimum Gasteiger partial charge on any atom is -0.452 e. The molecule has 0 bridgehead atoms. The number of amides is 1. The second kappa shape index (κ2) is 7.15. The molecule has 6 heteroatoms. The molecule has 0 spiro atoms. The molecule has 2 rings (SSSR count). The first-order valence-corrected chi connectivity index (χ1v) is 7.34. The van der Waals surface area contributed by atoms with Crippen molar-refractivity contribution < 1.29 is 14.3 Å². The number of nitrogens with two attached hydrogens (primary N) is 1. The second-order valence-electron chi connectivity index (χ2n) is 5.18. The molecule has 0 unspecified atom stereocenters. The fourth-order valence-corrected chi connectivity index (χ4v) is 2.06. The summed E-state index contributed by atoms with van der Waals surface area (Å²) in [6.07, 6.45) is 0. The van der Waals surface area contributed by atoms with Crippen LogP contribution in [0.1, 0.15) is 21.5 Å². The molecule has 0 fully saturated rings. The zero-order valence-electron chi connectivity index (χ0n) is 12.9. The highest BCUT2D eigenvalue weighted by atomic mass is 35.5. The summed E-state index contributed by atoms with van der Waals surface area (Å²) in [6.45, 7) is 3.44. The molecule has 1 amide bonds. The molecule has 0 saturated heterocycles. The van der Waals surface area contributed by atoms with E-state index in [1.165, 1.54) is 18.2 Å². The highest BCUT2D eigenvalue weighted by Gasteiger charge is 2.12. The lowest BCUT2D eigenvalue weighted by atomic mass is 10.1. The lowest BCUT2D eigenvalue weighted by Gasteiger charge is -2.10. The van der Waals surface area contributed by atoms with Gasteiger partial charge in [0.2, 0.25) is 0 Å². The SMILES string of the molecule is Cc1ccc(C)c(NC(=O)COC(=O)c2ccc(Cl)c(N)c2)c1. The van der Waals surface area contributed by atoms with Crippen molar-refractivity contribution in [2.45, 2.75) is 13.8 Å². The van der Waals surface area contributed by atoms with Gasteiger partial charge in [0.15, 0.2) is 6.61 Å². The van der Waals surface area contributed by atoms with Crippen LogP contribution >= 0.6 is 11.6 Å². The predicted molar refractivity (Wildman–Crippen MR) is 90.7 cm³/mol. The number of nitrogens with one attached hydrogen (secondary N) is 1. The van der Waals surface area contributed by atoms with Crippen LogP contribution in [-0.2, 0) is 9.53 Å². The molecule has 3 N–H and O–H groups in total. The van der Waals surface area contributed by atoms with E-state index in [-0.39, 0.29) is 17.9 Å². The maximum Gasteiger partial charge on any atom is 0.338 e. The van der Waals surface area contributed by atoms with Crippen molar-refractivity contribution in [1.82, 2.24) is 0 Å². The number of ether oxygens (including phenoxy) is 1. The van der Waals surface area contributed by atoms with Crippen LogP contribution in [0.15, 0.2) is 36.4 Å². The number of aryl methyl sites for hydroxylation is 2. The van der Waals surface area contributed by atoms with Gasteiger partial charge in [-0.2, -0.15) is 0 Å². The minimum atomic E-state index is -0.635. The third-order valence-corrected chi connectivity index (χ3v) is 3.58. The summed E-state index contributed by atoms with van der Waals surface area (Å²) >= 11 is 5.79. The molecule has 0 aliphatic rings. The molecule has 0 heterocycles. The zero-order chi connectivity index (χ0) is 17.0. The van der Waals surface area contributed by atoms with E-state index in [1.807, 2.05) is 32.0 Å². The third kappa shape index (κ3) is 4.47. The van der Waals surface area contributed by atoms with Crippen LogP contribution in [0.4, 0.5) is 11.4 Å². The van der Waals surface area contributed by atoms with Crippen molar-refractivity contribution >= 4 is 34.9 Å². The normalized spacial score (nSPS) is 10.2. The summed E-state index contributed by atoms with van der Waals surface area (Å²) in [5.74, 6) is -1.04. The van der Waals surface area contributed by atoms with Gasteiger partial charge in [0.25, 0.3) is 5.91 Å². The van der Waals surface area contributed by atoms with Crippen molar-refractivity contribution in [2.24, 2.45) is 0 Å². The molecule has 23 heavy (non-hydrogen) atoms. The Morgan fingerprint density at radius 2 is 1.91 bits per heavy atom. The van der Waals surface area contributed by atoms with E-state index < -0.39 is 11.9 Å². The number of carbonyl (C=O) groups is 2. The standard InChI is InChI=1S/C17H17ClN2O3/c1-10-3-4-11(2)15(7-10)20-16(21)9-23-17(22)12-5-6-13(18)14(19)8-12/h3-8H,9,19H2,1-2H3,(H,20,21). The maximum absolute atomic E-state index is 11.9. The first kappa shape index (κ1) is 16.8. The smallest absolute Gasteiger partial charge is 0.338 e. The van der Waals surface area contributed by atoms with E-state index in [9.17, 15) is 9.59 Å². The molecular formula is C17H17ClN2O3. The van der Waals surface area contributed by atoms with E-state index in [0.29, 0.717) is 10.7 Å². The maximum atomic E-state index is 11.9. The molecule has 2 aromatic rings. The van der Waals surface area contributed by atoms with Gasteiger partial charge in [-0.1, -0.05) is 23.7 Å². The van der Waals surface area contributed by atoms with E-state index in [2.05, 4.69) is 5.32 Å². The average molecular weight is 333 g/mol. The highest BCUT2D eigenvalue weighted by Crippen LogP contribution is 2.20. The van der Waals surface area contributed by atoms with Crippen molar-refractivity contribution in [3.8, 4) is 0 Å². The first-order chi connectivity index (χ1) is 10.9. The number of esters is 1. The molecule has 0 saturated carbocycles. The Morgan fingerprint density at radius 1 is 1.17 bits per heavy atom. The lowest BCUT2D eigenvalue weighted by molar-refractivity contribution is -0.119. The first-order valence-electron chi connectivity index (χ1n) is 6.96. The Hall–Kier alpha value is -2.53. The quantitative estimate of drug-likeness (QED) is 0.664. The summed E-state index contributed by atoms with van der Waals surface area (Å²) < 4.78 is 4.98. The van der Waals surface area contributed by atoms with Gasteiger partial charge in [-0.05, 0) is 49.2 Å². The summed E-state index contributed by atoms with van der Waals surface area (Å²) in [6, 6.07) is 10.1. The number of hydrogen-bond acceptors (Lipinski definition) is 4. The molecule has 0 aliphatic heterocycles. The number of hydrogen-bond donors (Lipinski definition) is 2. The fraction of sp³-hybridized carbons (Fsp3) is 0.176. The molecular weight excluding hydrogens is 316 g/mol. The minimum absolute atomic E-state index is 0.242. The van der Waals surface area contributed by atoms with Crippen LogP contribution in [0.3, 0.4) is 0 Å². The summed E-state index contributed by atoms with van der Waals surface area (Å²) in [4.78, 5) is 23.8. The van der Waals surface area contributed by atoms with Gasteiger partial charge in [0.1, 0.15) is 0 Å². The summed E-state index contributed by atoms with van der Waals surface area (Å²) in [7, 11) is 0. The lowest BCUT2D eigenvalue weighted by Crippen LogP contribution is -2.21. The van der Waals surface area contributed by atoms with Crippen LogP contribution in [0.2, 0.25) is 5.02 Å². The van der Waals surface area contributed by atoms with Crippen LogP contribution in [0, 0.1) is 13.8 Å². The van der Waals surface area contributed by atoms with Crippen molar-refractivity contribution in [2.75, 3.05) is 17.7 Å². The second-order valence-corrected chi connectivity index (χ2v) is 5.59. The Bertz CT molecular complexity index is 759. The number of carbonyl (C=O) groups excluding carboxylic acids is 2. The third-order valence-electron chi connectivity index (χ3n) is 3.23. The zero-order valence-corrected chi connectivity index (χ0v) is 13.6. The highest BCUT2D eigenvalue weighted by molar-refractivity contribution is 6.33. The largest absolute Gasteiger partial charge is 0.452 e. The summed E-state index contributed by atoms with van der Waals surface area (Å²) in [5, 5.41) is 3.07. The molecule has 0 aliphatic carbocycles. The Labute approximate surface area is 139 Å². The van der Waals surface area contributed by atoms with Gasteiger partial charge in [-0.3, -0.25) is 4.79 Å². The van der Waals surface area contributed by atoms with Crippen LogP contribution in [0.5, 0.6) is 0 Å². The molecule has 0 atom stereocenters. The Morgan fingerprint density at radius 3 is 2.61 bits per heavy atom. The number of benzene rings is 2. The van der Waals surface area contributed by atoms with Gasteiger partial charge in [-0.15, -0.1) is 0 Å². The van der Waals surface area contributed by atoms with Crippen LogP contribution in [-0.4, -0.2) is 18.5 Å².